The molecule has 0 unspecified atom stereocenters. The molecular weight excluding hydrogens is 365 g/mol. The largest absolute Gasteiger partial charge is 0.454 e. The maximum Gasteiger partial charge on any atom is 0.331 e. The molecule has 0 saturated heterocycles. The first kappa shape index (κ1) is 19.4. The Morgan fingerprint density at radius 3 is 2.71 bits per heavy atom. The molecule has 0 aliphatic carbocycles. The molecule has 0 fully saturated rings. The summed E-state index contributed by atoms with van der Waals surface area (Å²) < 4.78 is 28.5. The molecule has 146 valence electrons. The van der Waals surface area contributed by atoms with Crippen LogP contribution in [0.4, 0.5) is 4.39 Å². The third kappa shape index (κ3) is 5.33. The van der Waals surface area contributed by atoms with Gasteiger partial charge in [0.1, 0.15) is 5.82 Å². The van der Waals surface area contributed by atoms with E-state index in [2.05, 4.69) is 5.32 Å². The fourth-order valence-electron chi connectivity index (χ4n) is 2.57. The van der Waals surface area contributed by atoms with Gasteiger partial charge in [-0.1, -0.05) is 18.2 Å². The summed E-state index contributed by atoms with van der Waals surface area (Å²) in [7, 11) is 0. The second-order valence-corrected chi connectivity index (χ2v) is 6.19. The molecular formula is C21H20FNO5. The number of rotatable bonds is 7. The van der Waals surface area contributed by atoms with E-state index in [9.17, 15) is 14.0 Å². The standard InChI is InChI=1S/C21H20FNO5/c1-14(21(25)23-11-10-15-2-6-17(22)7-3-15)28-20(24)9-5-16-4-8-18-19(12-16)27-13-26-18/h2-9,12,14H,10-11,13H2,1H3,(H,23,25)/b9-5+/t14-/m0/s1. The lowest BCUT2D eigenvalue weighted by Gasteiger charge is -2.12. The second kappa shape index (κ2) is 9.03. The molecule has 6 nitrogen and oxygen atoms in total. The van der Waals surface area contributed by atoms with E-state index in [0.29, 0.717) is 24.5 Å². The zero-order valence-electron chi connectivity index (χ0n) is 15.3. The molecule has 28 heavy (non-hydrogen) atoms. The van der Waals surface area contributed by atoms with Gasteiger partial charge >= 0.3 is 5.97 Å². The van der Waals surface area contributed by atoms with Crippen LogP contribution in [-0.4, -0.2) is 31.3 Å². The number of halogens is 1. The van der Waals surface area contributed by atoms with E-state index in [0.717, 1.165) is 11.1 Å². The van der Waals surface area contributed by atoms with Crippen molar-refractivity contribution in [3.63, 3.8) is 0 Å². The van der Waals surface area contributed by atoms with E-state index in [1.807, 2.05) is 0 Å². The minimum absolute atomic E-state index is 0.179. The van der Waals surface area contributed by atoms with Crippen LogP contribution in [0.2, 0.25) is 0 Å². The smallest absolute Gasteiger partial charge is 0.331 e. The number of hydrogen-bond donors (Lipinski definition) is 1. The van der Waals surface area contributed by atoms with Gasteiger partial charge in [0.2, 0.25) is 6.79 Å². The number of benzene rings is 2. The van der Waals surface area contributed by atoms with Crippen molar-refractivity contribution in [1.29, 1.82) is 0 Å². The number of fused-ring (bicyclic) bond motifs is 1. The summed E-state index contributed by atoms with van der Waals surface area (Å²) in [4.78, 5) is 23.9. The van der Waals surface area contributed by atoms with Gasteiger partial charge in [0, 0.05) is 12.6 Å². The fraction of sp³-hybridized carbons (Fsp3) is 0.238. The first-order chi connectivity index (χ1) is 13.5. The summed E-state index contributed by atoms with van der Waals surface area (Å²) in [6.07, 6.45) is 2.45. The van der Waals surface area contributed by atoms with Gasteiger partial charge in [-0.15, -0.1) is 0 Å². The van der Waals surface area contributed by atoms with Gasteiger partial charge < -0.3 is 19.5 Å². The first-order valence-corrected chi connectivity index (χ1v) is 8.82. The summed E-state index contributed by atoms with van der Waals surface area (Å²) in [6, 6.07) is 11.3. The first-order valence-electron chi connectivity index (χ1n) is 8.82. The van der Waals surface area contributed by atoms with Crippen LogP contribution in [0.3, 0.4) is 0 Å². The molecule has 0 radical (unpaired) electrons. The van der Waals surface area contributed by atoms with Crippen LogP contribution in [0.15, 0.2) is 48.5 Å². The SMILES string of the molecule is C[C@H](OC(=O)/C=C/c1ccc2c(c1)OCO2)C(=O)NCCc1ccc(F)cc1. The highest BCUT2D eigenvalue weighted by molar-refractivity contribution is 5.90. The maximum absolute atomic E-state index is 12.9. The van der Waals surface area contributed by atoms with Crippen molar-refractivity contribution in [3.05, 3.63) is 65.5 Å². The van der Waals surface area contributed by atoms with E-state index in [-0.39, 0.29) is 12.6 Å². The molecule has 1 aliphatic rings. The summed E-state index contributed by atoms with van der Waals surface area (Å²) in [5.74, 6) is -0.0528. The number of ether oxygens (including phenoxy) is 3. The highest BCUT2D eigenvalue weighted by Crippen LogP contribution is 2.32. The Morgan fingerprint density at radius 1 is 1.18 bits per heavy atom. The topological polar surface area (TPSA) is 73.9 Å². The van der Waals surface area contributed by atoms with Crippen LogP contribution >= 0.6 is 0 Å². The molecule has 1 aliphatic heterocycles. The highest BCUT2D eigenvalue weighted by atomic mass is 19.1. The molecule has 2 aromatic carbocycles. The van der Waals surface area contributed by atoms with Crippen molar-refractivity contribution in [2.75, 3.05) is 13.3 Å². The summed E-state index contributed by atoms with van der Waals surface area (Å²) >= 11 is 0. The molecule has 0 aromatic heterocycles. The van der Waals surface area contributed by atoms with Crippen molar-refractivity contribution >= 4 is 18.0 Å². The van der Waals surface area contributed by atoms with Crippen molar-refractivity contribution in [2.45, 2.75) is 19.4 Å². The van der Waals surface area contributed by atoms with Crippen LogP contribution in [0.5, 0.6) is 11.5 Å². The van der Waals surface area contributed by atoms with Crippen LogP contribution in [-0.2, 0) is 20.7 Å². The van der Waals surface area contributed by atoms with Gasteiger partial charge in [-0.2, -0.15) is 0 Å². The van der Waals surface area contributed by atoms with Gasteiger partial charge in [-0.3, -0.25) is 4.79 Å². The number of carbonyl (C=O) groups is 2. The van der Waals surface area contributed by atoms with E-state index in [1.165, 1.54) is 25.1 Å². The Hall–Kier alpha value is -3.35. The summed E-state index contributed by atoms with van der Waals surface area (Å²) in [6.45, 7) is 2.04. The maximum atomic E-state index is 12.9. The quantitative estimate of drug-likeness (QED) is 0.586. The Balaban J connectivity index is 1.42. The van der Waals surface area contributed by atoms with Crippen LogP contribution in [0.1, 0.15) is 18.1 Å². The summed E-state index contributed by atoms with van der Waals surface area (Å²) in [5.41, 5.74) is 1.65. The van der Waals surface area contributed by atoms with Gasteiger partial charge in [-0.25, -0.2) is 9.18 Å². The molecule has 1 atom stereocenters. The minimum Gasteiger partial charge on any atom is -0.454 e. The van der Waals surface area contributed by atoms with Crippen molar-refractivity contribution in [2.24, 2.45) is 0 Å². The van der Waals surface area contributed by atoms with Gasteiger partial charge in [-0.05, 0) is 54.8 Å². The number of nitrogens with one attached hydrogen (secondary N) is 1. The van der Waals surface area contributed by atoms with E-state index >= 15 is 0 Å². The molecule has 2 aromatic rings. The zero-order chi connectivity index (χ0) is 19.9. The molecule has 1 N–H and O–H groups in total. The number of amides is 1. The lowest BCUT2D eigenvalue weighted by Crippen LogP contribution is -2.36. The molecule has 0 saturated carbocycles. The number of esters is 1. The molecule has 0 bridgehead atoms. The fourth-order valence-corrected chi connectivity index (χ4v) is 2.57. The summed E-state index contributed by atoms with van der Waals surface area (Å²) in [5, 5.41) is 2.69. The number of hydrogen-bond acceptors (Lipinski definition) is 5. The van der Waals surface area contributed by atoms with Crippen LogP contribution in [0, 0.1) is 5.82 Å². The number of carbonyl (C=O) groups excluding carboxylic acids is 2. The predicted molar refractivity (Wildman–Crippen MR) is 100 cm³/mol. The Bertz CT molecular complexity index is 879. The van der Waals surface area contributed by atoms with Crippen LogP contribution < -0.4 is 14.8 Å². The van der Waals surface area contributed by atoms with Crippen LogP contribution in [0.25, 0.3) is 6.08 Å². The Morgan fingerprint density at radius 2 is 1.93 bits per heavy atom. The molecule has 0 spiro atoms. The monoisotopic (exact) mass is 385 g/mol. The predicted octanol–water partition coefficient (Wildman–Crippen LogP) is 2.86. The average Bonchev–Trinajstić information content (AvgIpc) is 3.15. The van der Waals surface area contributed by atoms with E-state index < -0.39 is 18.0 Å². The van der Waals surface area contributed by atoms with E-state index in [4.69, 9.17) is 14.2 Å². The normalized spacial score (nSPS) is 13.4. The molecule has 7 heteroatoms. The van der Waals surface area contributed by atoms with E-state index in [1.54, 1.807) is 36.4 Å². The molecule has 1 amide bonds. The Kier molecular flexibility index (Phi) is 6.26. The second-order valence-electron chi connectivity index (χ2n) is 6.19. The Labute approximate surface area is 161 Å². The van der Waals surface area contributed by atoms with Gasteiger partial charge in [0.15, 0.2) is 17.6 Å². The average molecular weight is 385 g/mol. The van der Waals surface area contributed by atoms with Crippen molar-refractivity contribution < 1.29 is 28.2 Å². The van der Waals surface area contributed by atoms with Gasteiger partial charge in [0.05, 0.1) is 0 Å². The van der Waals surface area contributed by atoms with Crippen molar-refractivity contribution in [3.8, 4) is 11.5 Å². The highest BCUT2D eigenvalue weighted by Gasteiger charge is 2.16. The molecule has 1 heterocycles. The zero-order valence-corrected chi connectivity index (χ0v) is 15.3. The van der Waals surface area contributed by atoms with Gasteiger partial charge in [0.25, 0.3) is 5.91 Å². The third-order valence-corrected chi connectivity index (χ3v) is 4.10. The molecule has 3 rings (SSSR count). The minimum atomic E-state index is -0.929. The lowest BCUT2D eigenvalue weighted by atomic mass is 10.1. The lowest BCUT2D eigenvalue weighted by molar-refractivity contribution is -0.150. The third-order valence-electron chi connectivity index (χ3n) is 4.10. The van der Waals surface area contributed by atoms with Crippen molar-refractivity contribution in [1.82, 2.24) is 5.32 Å².